The summed E-state index contributed by atoms with van der Waals surface area (Å²) in [7, 11) is 0. The first-order valence-electron chi connectivity index (χ1n) is 5.95. The molecule has 0 radical (unpaired) electrons. The van der Waals surface area contributed by atoms with E-state index in [0.717, 1.165) is 19.6 Å². The molecule has 0 aromatic carbocycles. The Balaban J connectivity index is 1.86. The van der Waals surface area contributed by atoms with Crippen molar-refractivity contribution in [3.8, 4) is 0 Å². The molecule has 2 atom stereocenters. The van der Waals surface area contributed by atoms with E-state index in [1.54, 1.807) is 0 Å². The van der Waals surface area contributed by atoms with Crippen LogP contribution in [-0.4, -0.2) is 30.5 Å². The number of nitrogens with zero attached hydrogens (tertiary/aromatic N) is 1. The molecule has 0 amide bonds. The highest BCUT2D eigenvalue weighted by atomic mass is 16.8. The lowest BCUT2D eigenvalue weighted by atomic mass is 10.0. The van der Waals surface area contributed by atoms with Gasteiger partial charge in [0.25, 0.3) is 0 Å². The van der Waals surface area contributed by atoms with Gasteiger partial charge in [-0.05, 0) is 19.8 Å². The van der Waals surface area contributed by atoms with E-state index in [1.165, 1.54) is 32.1 Å². The highest BCUT2D eigenvalue weighted by Crippen LogP contribution is 2.28. The van der Waals surface area contributed by atoms with E-state index in [2.05, 4.69) is 5.06 Å². The average Bonchev–Trinajstić information content (AvgIpc) is 2.48. The SMILES string of the molecule is CCO[C@@H]1C[C@H]2CCCCCCN2O1. The van der Waals surface area contributed by atoms with Gasteiger partial charge in [0.2, 0.25) is 0 Å². The minimum Gasteiger partial charge on any atom is -0.351 e. The van der Waals surface area contributed by atoms with Gasteiger partial charge in [0.1, 0.15) is 0 Å². The third kappa shape index (κ3) is 2.47. The third-order valence-electron chi connectivity index (χ3n) is 3.14. The Morgan fingerprint density at radius 3 is 3.00 bits per heavy atom. The Kier molecular flexibility index (Phi) is 3.79. The van der Waals surface area contributed by atoms with Crippen LogP contribution in [0.2, 0.25) is 0 Å². The minimum absolute atomic E-state index is 0.0306. The van der Waals surface area contributed by atoms with Crippen LogP contribution in [0.25, 0.3) is 0 Å². The molecular formula is C11H21NO2. The van der Waals surface area contributed by atoms with E-state index in [1.807, 2.05) is 6.92 Å². The van der Waals surface area contributed by atoms with Crippen LogP contribution in [0.4, 0.5) is 0 Å². The van der Waals surface area contributed by atoms with Crippen molar-refractivity contribution in [1.29, 1.82) is 0 Å². The van der Waals surface area contributed by atoms with Gasteiger partial charge in [0, 0.05) is 25.6 Å². The number of hydroxylamine groups is 2. The highest BCUT2D eigenvalue weighted by molar-refractivity contribution is 4.75. The molecule has 0 aliphatic carbocycles. The molecule has 2 aliphatic heterocycles. The topological polar surface area (TPSA) is 21.7 Å². The molecule has 0 bridgehead atoms. The summed E-state index contributed by atoms with van der Waals surface area (Å²) in [6, 6.07) is 0.617. The molecule has 0 aromatic rings. The van der Waals surface area contributed by atoms with Gasteiger partial charge >= 0.3 is 0 Å². The molecule has 82 valence electrons. The normalized spacial score (nSPS) is 34.9. The van der Waals surface area contributed by atoms with Crippen molar-refractivity contribution in [3.05, 3.63) is 0 Å². The van der Waals surface area contributed by atoms with E-state index in [9.17, 15) is 0 Å². The molecule has 3 heteroatoms. The van der Waals surface area contributed by atoms with Crippen LogP contribution in [0.5, 0.6) is 0 Å². The van der Waals surface area contributed by atoms with Gasteiger partial charge in [0.15, 0.2) is 6.29 Å². The zero-order chi connectivity index (χ0) is 9.80. The first-order valence-corrected chi connectivity index (χ1v) is 5.95. The number of hydrogen-bond donors (Lipinski definition) is 0. The predicted molar refractivity (Wildman–Crippen MR) is 54.7 cm³/mol. The molecule has 0 N–H and O–H groups in total. The fraction of sp³-hybridized carbons (Fsp3) is 1.00. The maximum Gasteiger partial charge on any atom is 0.179 e. The molecule has 14 heavy (non-hydrogen) atoms. The van der Waals surface area contributed by atoms with Crippen LogP contribution in [0.3, 0.4) is 0 Å². The Morgan fingerprint density at radius 1 is 1.29 bits per heavy atom. The van der Waals surface area contributed by atoms with Crippen LogP contribution in [0.15, 0.2) is 0 Å². The van der Waals surface area contributed by atoms with E-state index < -0.39 is 0 Å². The molecule has 2 aliphatic rings. The van der Waals surface area contributed by atoms with Crippen molar-refractivity contribution in [2.24, 2.45) is 0 Å². The van der Waals surface area contributed by atoms with Gasteiger partial charge in [-0.2, -0.15) is 5.06 Å². The maximum absolute atomic E-state index is 5.75. The van der Waals surface area contributed by atoms with Crippen molar-refractivity contribution in [3.63, 3.8) is 0 Å². The molecule has 3 nitrogen and oxygen atoms in total. The lowest BCUT2D eigenvalue weighted by Gasteiger charge is -2.24. The van der Waals surface area contributed by atoms with E-state index >= 15 is 0 Å². The van der Waals surface area contributed by atoms with Crippen molar-refractivity contribution in [2.75, 3.05) is 13.2 Å². The first-order chi connectivity index (χ1) is 6.90. The van der Waals surface area contributed by atoms with Crippen molar-refractivity contribution < 1.29 is 9.57 Å². The summed E-state index contributed by atoms with van der Waals surface area (Å²) >= 11 is 0. The molecule has 0 saturated carbocycles. The van der Waals surface area contributed by atoms with Crippen LogP contribution < -0.4 is 0 Å². The summed E-state index contributed by atoms with van der Waals surface area (Å²) in [5, 5.41) is 2.17. The average molecular weight is 199 g/mol. The monoisotopic (exact) mass is 199 g/mol. The van der Waals surface area contributed by atoms with Crippen molar-refractivity contribution in [1.82, 2.24) is 5.06 Å². The zero-order valence-corrected chi connectivity index (χ0v) is 9.08. The second kappa shape index (κ2) is 5.10. The van der Waals surface area contributed by atoms with Gasteiger partial charge in [-0.1, -0.05) is 19.3 Å². The molecule has 2 rings (SSSR count). The molecule has 2 saturated heterocycles. The Hall–Kier alpha value is -0.120. The minimum atomic E-state index is 0.0306. The fourth-order valence-electron chi connectivity index (χ4n) is 2.40. The van der Waals surface area contributed by atoms with Gasteiger partial charge in [-0.15, -0.1) is 0 Å². The van der Waals surface area contributed by atoms with Gasteiger partial charge in [-0.25, -0.2) is 0 Å². The number of fused-ring (bicyclic) bond motifs is 1. The molecule has 0 unspecified atom stereocenters. The summed E-state index contributed by atoms with van der Waals surface area (Å²) < 4.78 is 5.51. The van der Waals surface area contributed by atoms with Gasteiger partial charge in [-0.3, -0.25) is 4.84 Å². The van der Waals surface area contributed by atoms with Crippen LogP contribution in [-0.2, 0) is 9.57 Å². The number of ether oxygens (including phenoxy) is 1. The van der Waals surface area contributed by atoms with Crippen molar-refractivity contribution >= 4 is 0 Å². The summed E-state index contributed by atoms with van der Waals surface area (Å²) in [5.74, 6) is 0. The Morgan fingerprint density at radius 2 is 2.14 bits per heavy atom. The highest BCUT2D eigenvalue weighted by Gasteiger charge is 2.33. The summed E-state index contributed by atoms with van der Waals surface area (Å²) in [4.78, 5) is 5.75. The maximum atomic E-state index is 5.75. The largest absolute Gasteiger partial charge is 0.351 e. The lowest BCUT2D eigenvalue weighted by molar-refractivity contribution is -0.239. The van der Waals surface area contributed by atoms with Crippen LogP contribution in [0.1, 0.15) is 45.4 Å². The smallest absolute Gasteiger partial charge is 0.179 e. The summed E-state index contributed by atoms with van der Waals surface area (Å²) in [6.45, 7) is 3.87. The molecule has 2 fully saturated rings. The third-order valence-corrected chi connectivity index (χ3v) is 3.14. The zero-order valence-electron chi connectivity index (χ0n) is 9.08. The second-order valence-electron chi connectivity index (χ2n) is 4.22. The van der Waals surface area contributed by atoms with Crippen LogP contribution in [0, 0.1) is 0 Å². The van der Waals surface area contributed by atoms with Crippen molar-refractivity contribution in [2.45, 2.75) is 57.8 Å². The Bertz CT molecular complexity index is 159. The summed E-state index contributed by atoms with van der Waals surface area (Å²) in [6.07, 6.45) is 7.74. The quantitative estimate of drug-likeness (QED) is 0.681. The lowest BCUT2D eigenvalue weighted by Crippen LogP contribution is -2.30. The fourth-order valence-corrected chi connectivity index (χ4v) is 2.40. The predicted octanol–water partition coefficient (Wildman–Crippen LogP) is 2.32. The van der Waals surface area contributed by atoms with Crippen LogP contribution >= 0.6 is 0 Å². The first kappa shape index (κ1) is 10.4. The Labute approximate surface area is 86.3 Å². The summed E-state index contributed by atoms with van der Waals surface area (Å²) in [5.41, 5.74) is 0. The molecule has 0 spiro atoms. The standard InChI is InChI=1S/C11H21NO2/c1-2-13-11-9-10-7-5-3-4-6-8-12(10)14-11/h10-11H,2-9H2,1H3/t10-,11+/m1/s1. The number of rotatable bonds is 2. The second-order valence-corrected chi connectivity index (χ2v) is 4.22. The molecule has 2 heterocycles. The number of hydrogen-bond acceptors (Lipinski definition) is 3. The van der Waals surface area contributed by atoms with E-state index in [-0.39, 0.29) is 6.29 Å². The molecule has 0 aromatic heterocycles. The van der Waals surface area contributed by atoms with Gasteiger partial charge in [0.05, 0.1) is 0 Å². The van der Waals surface area contributed by atoms with E-state index in [4.69, 9.17) is 9.57 Å². The molecular weight excluding hydrogens is 178 g/mol. The van der Waals surface area contributed by atoms with Gasteiger partial charge < -0.3 is 4.74 Å². The van der Waals surface area contributed by atoms with E-state index in [0.29, 0.717) is 6.04 Å².